The van der Waals surface area contributed by atoms with Crippen LogP contribution in [-0.2, 0) is 0 Å². The first kappa shape index (κ1) is 28.9. The SMILES string of the molecule is N#CC1=CC2c3ccc4c5cc(C#N)ccc5n(-c5ccccc5)c4c3N(c3nc(-c4ccccc4)cc(-c4cccc(C#N)c4)n3)C2C=C1. The lowest BCUT2D eigenvalue weighted by Gasteiger charge is -2.28. The van der Waals surface area contributed by atoms with Gasteiger partial charge in [-0.15, -0.1) is 0 Å². The van der Waals surface area contributed by atoms with Crippen molar-refractivity contribution in [2.45, 2.75) is 12.0 Å². The van der Waals surface area contributed by atoms with Crippen molar-refractivity contribution in [3.63, 3.8) is 0 Å². The topological polar surface area (TPSA) is 105 Å². The summed E-state index contributed by atoms with van der Waals surface area (Å²) < 4.78 is 2.26. The summed E-state index contributed by atoms with van der Waals surface area (Å²) in [6.07, 6.45) is 5.99. The van der Waals surface area contributed by atoms with Gasteiger partial charge in [-0.05, 0) is 60.2 Å². The molecule has 5 aromatic carbocycles. The number of rotatable bonds is 4. The molecule has 0 bridgehead atoms. The van der Waals surface area contributed by atoms with Crippen molar-refractivity contribution < 1.29 is 0 Å². The van der Waals surface area contributed by atoms with Crippen LogP contribution < -0.4 is 4.90 Å². The summed E-state index contributed by atoms with van der Waals surface area (Å²) in [5.41, 5.74) is 9.86. The van der Waals surface area contributed by atoms with E-state index in [1.165, 1.54) is 0 Å². The molecular weight excluding hydrogens is 615 g/mol. The molecule has 7 nitrogen and oxygen atoms in total. The highest BCUT2D eigenvalue weighted by Gasteiger charge is 2.42. The van der Waals surface area contributed by atoms with Crippen LogP contribution in [0.15, 0.2) is 145 Å². The fourth-order valence-corrected chi connectivity index (χ4v) is 7.39. The average Bonchev–Trinajstić information content (AvgIpc) is 3.70. The molecule has 2 aliphatic rings. The first-order valence-corrected chi connectivity index (χ1v) is 16.3. The lowest BCUT2D eigenvalue weighted by Crippen LogP contribution is -2.31. The minimum absolute atomic E-state index is 0.139. The van der Waals surface area contributed by atoms with E-state index >= 15 is 0 Å². The van der Waals surface area contributed by atoms with E-state index in [-0.39, 0.29) is 12.0 Å². The monoisotopic (exact) mass is 639 g/mol. The Morgan fingerprint density at radius 1 is 0.620 bits per heavy atom. The molecule has 7 aromatic rings. The molecule has 3 heterocycles. The summed E-state index contributed by atoms with van der Waals surface area (Å²) in [6, 6.07) is 46.5. The van der Waals surface area contributed by atoms with Crippen molar-refractivity contribution in [1.29, 1.82) is 15.8 Å². The Bertz CT molecular complexity index is 2700. The van der Waals surface area contributed by atoms with Gasteiger partial charge < -0.3 is 9.47 Å². The van der Waals surface area contributed by atoms with Crippen LogP contribution in [0.5, 0.6) is 0 Å². The lowest BCUT2D eigenvalue weighted by molar-refractivity contribution is 0.727. The number of benzene rings is 5. The molecule has 9 rings (SSSR count). The van der Waals surface area contributed by atoms with Crippen LogP contribution in [0, 0.1) is 34.0 Å². The molecule has 0 amide bonds. The number of anilines is 2. The van der Waals surface area contributed by atoms with E-state index in [1.807, 2.05) is 103 Å². The third kappa shape index (κ3) is 4.48. The van der Waals surface area contributed by atoms with Crippen LogP contribution in [0.1, 0.15) is 22.6 Å². The average molecular weight is 640 g/mol. The van der Waals surface area contributed by atoms with Gasteiger partial charge in [0, 0.05) is 39.1 Å². The van der Waals surface area contributed by atoms with Gasteiger partial charge in [0.25, 0.3) is 0 Å². The molecule has 232 valence electrons. The Kier molecular flexibility index (Phi) is 6.63. The quantitative estimate of drug-likeness (QED) is 0.190. The summed E-state index contributed by atoms with van der Waals surface area (Å²) in [5, 5.41) is 31.5. The number of hydrogen-bond donors (Lipinski definition) is 0. The molecule has 7 heteroatoms. The minimum atomic E-state index is -0.214. The van der Waals surface area contributed by atoms with E-state index < -0.39 is 0 Å². The zero-order chi connectivity index (χ0) is 33.8. The van der Waals surface area contributed by atoms with E-state index in [0.717, 1.165) is 55.6 Å². The van der Waals surface area contributed by atoms with Crippen molar-refractivity contribution in [1.82, 2.24) is 14.5 Å². The van der Waals surface area contributed by atoms with Gasteiger partial charge in [-0.2, -0.15) is 15.8 Å². The molecule has 2 aromatic heterocycles. The maximum absolute atomic E-state index is 9.96. The lowest BCUT2D eigenvalue weighted by atomic mass is 9.88. The molecular formula is C43H25N7. The van der Waals surface area contributed by atoms with E-state index in [2.05, 4.69) is 58.0 Å². The zero-order valence-corrected chi connectivity index (χ0v) is 26.6. The number of aromatic nitrogens is 3. The number of hydrogen-bond acceptors (Lipinski definition) is 6. The first-order valence-electron chi connectivity index (χ1n) is 16.3. The summed E-state index contributed by atoms with van der Waals surface area (Å²) >= 11 is 0. The van der Waals surface area contributed by atoms with Gasteiger partial charge in [0.1, 0.15) is 0 Å². The van der Waals surface area contributed by atoms with Crippen LogP contribution in [0.25, 0.3) is 50.0 Å². The fourth-order valence-electron chi connectivity index (χ4n) is 7.39. The Labute approximate surface area is 288 Å². The highest BCUT2D eigenvalue weighted by molar-refractivity contribution is 6.15. The number of nitriles is 3. The highest BCUT2D eigenvalue weighted by atomic mass is 15.3. The molecule has 0 N–H and O–H groups in total. The number of nitrogens with zero attached hydrogens (tertiary/aromatic N) is 7. The normalized spacial score (nSPS) is 15.9. The molecule has 1 aliphatic heterocycles. The highest BCUT2D eigenvalue weighted by Crippen LogP contribution is 2.53. The van der Waals surface area contributed by atoms with Gasteiger partial charge in [-0.1, -0.05) is 84.9 Å². The van der Waals surface area contributed by atoms with Crippen molar-refractivity contribution in [3.8, 4) is 46.4 Å². The van der Waals surface area contributed by atoms with Gasteiger partial charge in [-0.3, -0.25) is 0 Å². The Balaban J connectivity index is 1.39. The fraction of sp³-hybridized carbons (Fsp3) is 0.0465. The number of para-hydroxylation sites is 1. The maximum atomic E-state index is 9.96. The summed E-state index contributed by atoms with van der Waals surface area (Å²) in [4.78, 5) is 12.7. The van der Waals surface area contributed by atoms with Gasteiger partial charge in [0.15, 0.2) is 0 Å². The number of fused-ring (bicyclic) bond motifs is 7. The number of allylic oxidation sites excluding steroid dienone is 2. The molecule has 0 fully saturated rings. The molecule has 50 heavy (non-hydrogen) atoms. The van der Waals surface area contributed by atoms with E-state index in [9.17, 15) is 15.8 Å². The van der Waals surface area contributed by atoms with Gasteiger partial charge in [0.05, 0.1) is 63.5 Å². The predicted octanol–water partition coefficient (Wildman–Crippen LogP) is 9.27. The summed E-state index contributed by atoms with van der Waals surface area (Å²) in [6.45, 7) is 0. The zero-order valence-electron chi connectivity index (χ0n) is 26.6. The Hall–Kier alpha value is -7.27. The first-order chi connectivity index (χ1) is 24.6. The van der Waals surface area contributed by atoms with E-state index in [0.29, 0.717) is 28.3 Å². The smallest absolute Gasteiger partial charge is 0.231 e. The third-order valence-corrected chi connectivity index (χ3v) is 9.59. The van der Waals surface area contributed by atoms with Crippen molar-refractivity contribution in [3.05, 3.63) is 162 Å². The van der Waals surface area contributed by atoms with Crippen LogP contribution in [-0.4, -0.2) is 20.6 Å². The molecule has 2 unspecified atom stereocenters. The Morgan fingerprint density at radius 3 is 2.10 bits per heavy atom. The summed E-state index contributed by atoms with van der Waals surface area (Å²) in [5.74, 6) is 0.367. The van der Waals surface area contributed by atoms with Gasteiger partial charge in [0.2, 0.25) is 5.95 Å². The van der Waals surface area contributed by atoms with E-state index in [4.69, 9.17) is 9.97 Å². The second-order valence-electron chi connectivity index (χ2n) is 12.4. The maximum Gasteiger partial charge on any atom is 0.231 e. The second-order valence-corrected chi connectivity index (χ2v) is 12.4. The van der Waals surface area contributed by atoms with Gasteiger partial charge >= 0.3 is 0 Å². The third-order valence-electron chi connectivity index (χ3n) is 9.59. The second kappa shape index (κ2) is 11.5. The van der Waals surface area contributed by atoms with Crippen molar-refractivity contribution in [2.75, 3.05) is 4.90 Å². The van der Waals surface area contributed by atoms with Gasteiger partial charge in [-0.25, -0.2) is 9.97 Å². The van der Waals surface area contributed by atoms with Crippen LogP contribution in [0.3, 0.4) is 0 Å². The van der Waals surface area contributed by atoms with Crippen molar-refractivity contribution >= 4 is 33.4 Å². The van der Waals surface area contributed by atoms with Crippen LogP contribution in [0.4, 0.5) is 11.6 Å². The molecule has 0 spiro atoms. The molecule has 0 saturated carbocycles. The molecule has 0 radical (unpaired) electrons. The van der Waals surface area contributed by atoms with Crippen LogP contribution in [0.2, 0.25) is 0 Å². The predicted molar refractivity (Wildman–Crippen MR) is 195 cm³/mol. The van der Waals surface area contributed by atoms with Crippen molar-refractivity contribution in [2.24, 2.45) is 0 Å². The van der Waals surface area contributed by atoms with E-state index in [1.54, 1.807) is 6.07 Å². The standard InChI is InChI=1S/C43H25N7/c44-24-27-8-7-11-31(20-27)38-23-37(30-9-3-1-4-10-30)47-43(48-38)50-40-19-15-29(26-46)22-36(40)34-17-16-33-35-21-28(25-45)14-18-39(35)49(41(33)42(34)50)32-12-5-2-6-13-32/h1-23,36,40H. The Morgan fingerprint density at radius 2 is 1.34 bits per heavy atom. The molecule has 1 aliphatic carbocycles. The largest absolute Gasteiger partial charge is 0.307 e. The molecule has 0 saturated heterocycles. The molecule has 2 atom stereocenters. The minimum Gasteiger partial charge on any atom is -0.307 e. The summed E-state index contributed by atoms with van der Waals surface area (Å²) in [7, 11) is 0. The van der Waals surface area contributed by atoms with Crippen LogP contribution >= 0.6 is 0 Å².